The van der Waals surface area contributed by atoms with E-state index in [1.165, 1.54) is 5.69 Å². The molecule has 2 aromatic rings. The van der Waals surface area contributed by atoms with Crippen molar-refractivity contribution in [2.45, 2.75) is 38.4 Å². The molecule has 1 aromatic heterocycles. The fraction of sp³-hybridized carbons (Fsp3) is 0.476. The second kappa shape index (κ2) is 6.30. The van der Waals surface area contributed by atoms with Crippen molar-refractivity contribution in [2.75, 3.05) is 20.1 Å². The predicted molar refractivity (Wildman–Crippen MR) is 97.8 cm³/mol. The van der Waals surface area contributed by atoms with Gasteiger partial charge in [0.2, 0.25) is 0 Å². The number of rotatable bonds is 4. The third kappa shape index (κ3) is 2.66. The van der Waals surface area contributed by atoms with Crippen molar-refractivity contribution in [3.63, 3.8) is 0 Å². The topological polar surface area (TPSA) is 19.4 Å². The van der Waals surface area contributed by atoms with Crippen molar-refractivity contribution in [3.05, 3.63) is 65.5 Å². The molecular formula is C21H27N3. The fourth-order valence-electron chi connectivity index (χ4n) is 4.60. The quantitative estimate of drug-likeness (QED) is 0.856. The van der Waals surface area contributed by atoms with Crippen LogP contribution in [0.4, 0.5) is 0 Å². The maximum atomic E-state index is 4.51. The Balaban J connectivity index is 1.60. The van der Waals surface area contributed by atoms with Gasteiger partial charge < -0.3 is 0 Å². The highest BCUT2D eigenvalue weighted by molar-refractivity contribution is 5.41. The first kappa shape index (κ1) is 15.8. The highest BCUT2D eigenvalue weighted by Crippen LogP contribution is 2.51. The number of likely N-dealkylation sites (tertiary alicyclic amines) is 1. The molecule has 1 aliphatic heterocycles. The lowest BCUT2D eigenvalue weighted by Gasteiger charge is -2.33. The second-order valence-corrected chi connectivity index (χ2v) is 7.62. The van der Waals surface area contributed by atoms with E-state index in [0.717, 1.165) is 19.6 Å². The van der Waals surface area contributed by atoms with Crippen LogP contribution in [0.1, 0.15) is 42.6 Å². The standard InChI is InChI=1S/C21H27N3/c1-15(2)23(3)21-18-10-5-4-9-17(18)19-13-24(14-20(19)21)12-16-8-6-7-11-22-16/h4-11,15,19-21H,12-14H2,1-3H3/t19-,20-,21-/m0/s1. The van der Waals surface area contributed by atoms with E-state index in [0.29, 0.717) is 23.9 Å². The molecule has 3 atom stereocenters. The minimum absolute atomic E-state index is 0.542. The van der Waals surface area contributed by atoms with E-state index in [1.807, 2.05) is 12.3 Å². The molecule has 1 fully saturated rings. The molecule has 0 amide bonds. The Morgan fingerprint density at radius 3 is 2.54 bits per heavy atom. The van der Waals surface area contributed by atoms with Gasteiger partial charge in [0.25, 0.3) is 0 Å². The van der Waals surface area contributed by atoms with Crippen LogP contribution >= 0.6 is 0 Å². The van der Waals surface area contributed by atoms with Crippen LogP contribution in [0.25, 0.3) is 0 Å². The third-order valence-corrected chi connectivity index (χ3v) is 5.93. The van der Waals surface area contributed by atoms with Crippen LogP contribution < -0.4 is 0 Å². The zero-order chi connectivity index (χ0) is 16.7. The van der Waals surface area contributed by atoms with Gasteiger partial charge in [-0.2, -0.15) is 0 Å². The molecule has 0 spiro atoms. The molecule has 3 nitrogen and oxygen atoms in total. The first-order valence-electron chi connectivity index (χ1n) is 9.08. The Labute approximate surface area is 145 Å². The molecule has 0 radical (unpaired) electrons. The van der Waals surface area contributed by atoms with Gasteiger partial charge in [0, 0.05) is 43.8 Å². The summed E-state index contributed by atoms with van der Waals surface area (Å²) in [7, 11) is 2.29. The Hall–Kier alpha value is -1.71. The Morgan fingerprint density at radius 1 is 1.08 bits per heavy atom. The van der Waals surface area contributed by atoms with Crippen LogP contribution in [0, 0.1) is 5.92 Å². The van der Waals surface area contributed by atoms with E-state index in [4.69, 9.17) is 0 Å². The number of fused-ring (bicyclic) bond motifs is 3. The lowest BCUT2D eigenvalue weighted by atomic mass is 9.93. The summed E-state index contributed by atoms with van der Waals surface area (Å²) in [5.74, 6) is 1.36. The van der Waals surface area contributed by atoms with Crippen LogP contribution in [-0.2, 0) is 6.54 Å². The number of pyridine rings is 1. The van der Waals surface area contributed by atoms with Crippen LogP contribution in [0.15, 0.2) is 48.7 Å². The van der Waals surface area contributed by atoms with Crippen LogP contribution in [0.5, 0.6) is 0 Å². The zero-order valence-corrected chi connectivity index (χ0v) is 14.9. The van der Waals surface area contributed by atoms with Gasteiger partial charge in [0.05, 0.1) is 5.69 Å². The largest absolute Gasteiger partial charge is 0.297 e. The van der Waals surface area contributed by atoms with Crippen molar-refractivity contribution in [1.82, 2.24) is 14.8 Å². The highest BCUT2D eigenvalue weighted by atomic mass is 15.2. The average Bonchev–Trinajstić information content (AvgIpc) is 3.11. The average molecular weight is 321 g/mol. The second-order valence-electron chi connectivity index (χ2n) is 7.62. The van der Waals surface area contributed by atoms with Gasteiger partial charge in [-0.25, -0.2) is 0 Å². The van der Waals surface area contributed by atoms with Gasteiger partial charge in [-0.05, 0) is 50.1 Å². The summed E-state index contributed by atoms with van der Waals surface area (Å²) in [5.41, 5.74) is 4.31. The molecule has 4 rings (SSSR count). The van der Waals surface area contributed by atoms with Crippen molar-refractivity contribution in [3.8, 4) is 0 Å². The monoisotopic (exact) mass is 321 g/mol. The lowest BCUT2D eigenvalue weighted by molar-refractivity contribution is 0.145. The molecule has 2 heterocycles. The Kier molecular flexibility index (Phi) is 4.15. The van der Waals surface area contributed by atoms with Gasteiger partial charge in [-0.15, -0.1) is 0 Å². The van der Waals surface area contributed by atoms with Gasteiger partial charge in [-0.3, -0.25) is 14.8 Å². The molecule has 0 N–H and O–H groups in total. The number of nitrogens with zero attached hydrogens (tertiary/aromatic N) is 3. The molecule has 1 saturated heterocycles. The van der Waals surface area contributed by atoms with Gasteiger partial charge >= 0.3 is 0 Å². The van der Waals surface area contributed by atoms with Crippen molar-refractivity contribution in [1.29, 1.82) is 0 Å². The van der Waals surface area contributed by atoms with Gasteiger partial charge in [0.1, 0.15) is 0 Å². The molecular weight excluding hydrogens is 294 g/mol. The molecule has 2 aliphatic rings. The maximum absolute atomic E-state index is 4.51. The first-order chi connectivity index (χ1) is 11.6. The van der Waals surface area contributed by atoms with E-state index < -0.39 is 0 Å². The van der Waals surface area contributed by atoms with E-state index >= 15 is 0 Å². The number of benzene rings is 1. The third-order valence-electron chi connectivity index (χ3n) is 5.93. The summed E-state index contributed by atoms with van der Waals surface area (Å²) < 4.78 is 0. The Bertz CT molecular complexity index is 697. The molecule has 0 unspecified atom stereocenters. The summed E-state index contributed by atoms with van der Waals surface area (Å²) in [5, 5.41) is 0. The zero-order valence-electron chi connectivity index (χ0n) is 14.9. The summed E-state index contributed by atoms with van der Waals surface area (Å²) in [4.78, 5) is 9.67. The van der Waals surface area contributed by atoms with Crippen LogP contribution in [-0.4, -0.2) is 41.0 Å². The van der Waals surface area contributed by atoms with E-state index in [2.05, 4.69) is 72.1 Å². The summed E-state index contributed by atoms with van der Waals surface area (Å²) in [6, 6.07) is 16.4. The maximum Gasteiger partial charge on any atom is 0.0543 e. The van der Waals surface area contributed by atoms with Crippen LogP contribution in [0.2, 0.25) is 0 Å². The highest BCUT2D eigenvalue weighted by Gasteiger charge is 2.47. The smallest absolute Gasteiger partial charge is 0.0543 e. The first-order valence-corrected chi connectivity index (χ1v) is 9.08. The SMILES string of the molecule is CC(C)N(C)[C@H]1c2ccccc2[C@@H]2CN(Cc3ccccn3)C[C@@H]21. The predicted octanol–water partition coefficient (Wildman–Crippen LogP) is 3.69. The number of hydrogen-bond donors (Lipinski definition) is 0. The minimum atomic E-state index is 0.542. The number of hydrogen-bond acceptors (Lipinski definition) is 3. The summed E-state index contributed by atoms with van der Waals surface area (Å²) in [6.45, 7) is 7.89. The van der Waals surface area contributed by atoms with Crippen molar-refractivity contribution in [2.24, 2.45) is 5.92 Å². The molecule has 1 aliphatic carbocycles. The minimum Gasteiger partial charge on any atom is -0.297 e. The van der Waals surface area contributed by atoms with E-state index in [1.54, 1.807) is 11.1 Å². The lowest BCUT2D eigenvalue weighted by Crippen LogP contribution is -2.35. The molecule has 0 saturated carbocycles. The molecule has 3 heteroatoms. The van der Waals surface area contributed by atoms with E-state index in [9.17, 15) is 0 Å². The summed E-state index contributed by atoms with van der Waals surface area (Å²) in [6.07, 6.45) is 1.90. The van der Waals surface area contributed by atoms with Crippen molar-refractivity contribution >= 4 is 0 Å². The van der Waals surface area contributed by atoms with Gasteiger partial charge in [-0.1, -0.05) is 30.3 Å². The van der Waals surface area contributed by atoms with Crippen molar-refractivity contribution < 1.29 is 0 Å². The molecule has 0 bridgehead atoms. The normalized spacial score (nSPS) is 26.1. The molecule has 126 valence electrons. The molecule has 1 aromatic carbocycles. The molecule has 24 heavy (non-hydrogen) atoms. The van der Waals surface area contributed by atoms with Gasteiger partial charge in [0.15, 0.2) is 0 Å². The Morgan fingerprint density at radius 2 is 1.83 bits per heavy atom. The summed E-state index contributed by atoms with van der Waals surface area (Å²) >= 11 is 0. The van der Waals surface area contributed by atoms with Crippen LogP contribution in [0.3, 0.4) is 0 Å². The fourth-order valence-corrected chi connectivity index (χ4v) is 4.60. The van der Waals surface area contributed by atoms with E-state index in [-0.39, 0.29) is 0 Å². The number of aromatic nitrogens is 1.